The Kier molecular flexibility index (Phi) is 16.6. The topological polar surface area (TPSA) is 102 Å². The third kappa shape index (κ3) is 12.9. The quantitative estimate of drug-likeness (QED) is 0.139. The van der Waals surface area contributed by atoms with Crippen molar-refractivity contribution in [1.82, 2.24) is 0 Å². The number of carbonyl (C=O) groups excluding carboxylic acids is 2. The molecule has 0 radical (unpaired) electrons. The van der Waals surface area contributed by atoms with Crippen molar-refractivity contribution < 1.29 is 34.0 Å². The van der Waals surface area contributed by atoms with E-state index in [0.29, 0.717) is 45.7 Å². The van der Waals surface area contributed by atoms with Crippen LogP contribution in [0.25, 0.3) is 0 Å². The predicted molar refractivity (Wildman–Crippen MR) is 151 cm³/mol. The molecule has 0 aliphatic heterocycles. The van der Waals surface area contributed by atoms with Gasteiger partial charge in [-0.15, -0.1) is 0 Å². The number of rotatable bonds is 20. The fourth-order valence-electron chi connectivity index (χ4n) is 4.65. The number of hydrogen-bond donors (Lipinski definition) is 2. The minimum atomic E-state index is -0.712. The van der Waals surface area contributed by atoms with Gasteiger partial charge < -0.3 is 24.4 Å². The predicted octanol–water partition coefficient (Wildman–Crippen LogP) is 4.51. The van der Waals surface area contributed by atoms with E-state index in [2.05, 4.69) is 6.92 Å². The molecule has 4 atom stereocenters. The van der Waals surface area contributed by atoms with Crippen molar-refractivity contribution in [2.24, 2.45) is 11.8 Å². The molecule has 0 unspecified atom stereocenters. The van der Waals surface area contributed by atoms with E-state index in [1.165, 1.54) is 0 Å². The Hall–Kier alpha value is -1.71. The number of thioether (sulfide) groups is 1. The van der Waals surface area contributed by atoms with Gasteiger partial charge in [-0.25, -0.2) is 0 Å². The molecule has 1 aromatic carbocycles. The highest BCUT2D eigenvalue weighted by atomic mass is 32.2. The number of aliphatic hydroxyl groups excluding tert-OH is 2. The van der Waals surface area contributed by atoms with E-state index in [0.717, 1.165) is 48.3 Å². The molecule has 1 saturated carbocycles. The van der Waals surface area contributed by atoms with Crippen LogP contribution < -0.4 is 0 Å². The van der Waals surface area contributed by atoms with Crippen LogP contribution in [0.5, 0.6) is 0 Å². The molecule has 0 heterocycles. The maximum absolute atomic E-state index is 12.5. The van der Waals surface area contributed by atoms with Crippen LogP contribution in [0.2, 0.25) is 0 Å². The average Bonchev–Trinajstić information content (AvgIpc) is 3.16. The maximum atomic E-state index is 12.5. The van der Waals surface area contributed by atoms with Gasteiger partial charge in [0.05, 0.1) is 25.4 Å². The molecule has 38 heavy (non-hydrogen) atoms. The molecule has 7 nitrogen and oxygen atoms in total. The first-order valence-corrected chi connectivity index (χ1v) is 15.0. The summed E-state index contributed by atoms with van der Waals surface area (Å²) in [5, 5.41) is 21.0. The van der Waals surface area contributed by atoms with Crippen molar-refractivity contribution in [2.45, 2.75) is 77.1 Å². The minimum Gasteiger partial charge on any atom is -0.463 e. The summed E-state index contributed by atoms with van der Waals surface area (Å²) >= 11 is 1.71. The molecule has 0 aromatic heterocycles. The zero-order chi connectivity index (χ0) is 27.6. The highest BCUT2D eigenvalue weighted by Gasteiger charge is 2.39. The van der Waals surface area contributed by atoms with Crippen LogP contribution in [0.3, 0.4) is 0 Å². The Bertz CT molecular complexity index is 844. The molecular weight excluding hydrogens is 504 g/mol. The lowest BCUT2D eigenvalue weighted by molar-refractivity contribution is -0.145. The van der Waals surface area contributed by atoms with Crippen LogP contribution in [-0.4, -0.2) is 72.6 Å². The molecule has 2 rings (SSSR count). The molecule has 0 spiro atoms. The van der Waals surface area contributed by atoms with Gasteiger partial charge in [-0.3, -0.25) is 9.59 Å². The summed E-state index contributed by atoms with van der Waals surface area (Å²) < 4.78 is 15.8. The molecule has 1 aliphatic rings. The average molecular weight is 551 g/mol. The van der Waals surface area contributed by atoms with Crippen molar-refractivity contribution in [1.29, 1.82) is 0 Å². The molecule has 1 aromatic rings. The zero-order valence-electron chi connectivity index (χ0n) is 23.0. The van der Waals surface area contributed by atoms with E-state index < -0.39 is 12.2 Å². The number of aliphatic hydroxyl groups is 2. The molecule has 0 bridgehead atoms. The van der Waals surface area contributed by atoms with Gasteiger partial charge in [0.15, 0.2) is 0 Å². The summed E-state index contributed by atoms with van der Waals surface area (Å²) in [4.78, 5) is 24.3. The van der Waals surface area contributed by atoms with Crippen molar-refractivity contribution in [3.8, 4) is 0 Å². The zero-order valence-corrected chi connectivity index (χ0v) is 23.8. The van der Waals surface area contributed by atoms with Crippen LogP contribution >= 0.6 is 11.8 Å². The van der Waals surface area contributed by atoms with Gasteiger partial charge in [-0.05, 0) is 41.9 Å². The van der Waals surface area contributed by atoms with Gasteiger partial charge in [0.1, 0.15) is 12.4 Å². The lowest BCUT2D eigenvalue weighted by Crippen LogP contribution is -2.20. The van der Waals surface area contributed by atoms with Gasteiger partial charge in [-0.1, -0.05) is 56.2 Å². The van der Waals surface area contributed by atoms with Crippen LogP contribution in [-0.2, 0) is 36.8 Å². The first-order valence-electron chi connectivity index (χ1n) is 13.9. The standard InChI is InChI=1S/C30H46O7S/c1-3-4-5-14-36-15-16-37-30(34)10-7-17-38-18-13-27-26(28(32)21-29(27)33)12-11-25(31)20-23-8-6-9-24(19-23)22-35-2/h6,8-9,11-12,19,25-28,31-32H,3-5,7,10,13-18,20-22H2,1-2H3/t25-,26-,27-,28-/m1/s1. The smallest absolute Gasteiger partial charge is 0.305 e. The molecule has 1 aliphatic carbocycles. The van der Waals surface area contributed by atoms with Gasteiger partial charge in [0.25, 0.3) is 0 Å². The Morgan fingerprint density at radius 3 is 2.76 bits per heavy atom. The van der Waals surface area contributed by atoms with Crippen molar-refractivity contribution >= 4 is 23.5 Å². The van der Waals surface area contributed by atoms with E-state index in [1.807, 2.05) is 30.3 Å². The summed E-state index contributed by atoms with van der Waals surface area (Å²) in [5.74, 6) is 0.946. The molecule has 2 N–H and O–H groups in total. The highest BCUT2D eigenvalue weighted by molar-refractivity contribution is 7.99. The van der Waals surface area contributed by atoms with Crippen molar-refractivity contribution in [2.75, 3.05) is 38.4 Å². The number of benzene rings is 1. The number of carbonyl (C=O) groups is 2. The SMILES string of the molecule is CCCCCOCCOC(=O)CCCSCC[C@H]1C(=O)C[C@@H](O)[C@@H]1C=C[C@@H](O)Cc1cccc(COC)c1. The lowest BCUT2D eigenvalue weighted by Gasteiger charge is -2.18. The highest BCUT2D eigenvalue weighted by Crippen LogP contribution is 2.34. The van der Waals surface area contributed by atoms with Crippen LogP contribution in [0.15, 0.2) is 36.4 Å². The van der Waals surface area contributed by atoms with Gasteiger partial charge in [-0.2, -0.15) is 11.8 Å². The number of unbranched alkanes of at least 4 members (excludes halogenated alkanes) is 2. The summed E-state index contributed by atoms with van der Waals surface area (Å²) in [5.41, 5.74) is 2.06. The molecular formula is C30H46O7S. The van der Waals surface area contributed by atoms with Crippen LogP contribution in [0, 0.1) is 11.8 Å². The van der Waals surface area contributed by atoms with Crippen LogP contribution in [0.4, 0.5) is 0 Å². The normalized spacial score (nSPS) is 20.3. The van der Waals surface area contributed by atoms with Gasteiger partial charge in [0, 0.05) is 44.8 Å². The van der Waals surface area contributed by atoms with Gasteiger partial charge >= 0.3 is 5.97 Å². The second-order valence-electron chi connectivity index (χ2n) is 9.88. The number of esters is 1. The van der Waals surface area contributed by atoms with E-state index in [-0.39, 0.29) is 30.0 Å². The van der Waals surface area contributed by atoms with Crippen molar-refractivity contribution in [3.63, 3.8) is 0 Å². The van der Waals surface area contributed by atoms with Crippen molar-refractivity contribution in [3.05, 3.63) is 47.5 Å². The van der Waals surface area contributed by atoms with E-state index in [4.69, 9.17) is 14.2 Å². The number of hydrogen-bond acceptors (Lipinski definition) is 8. The molecule has 1 fully saturated rings. The molecule has 214 valence electrons. The molecule has 8 heteroatoms. The largest absolute Gasteiger partial charge is 0.463 e. The summed E-state index contributed by atoms with van der Waals surface area (Å²) in [6.07, 6.45) is 7.85. The summed E-state index contributed by atoms with van der Waals surface area (Å²) in [6, 6.07) is 7.91. The third-order valence-corrected chi connectivity index (χ3v) is 7.76. The minimum absolute atomic E-state index is 0.0787. The molecule has 0 amide bonds. The Morgan fingerprint density at radius 1 is 1.16 bits per heavy atom. The lowest BCUT2D eigenvalue weighted by atomic mass is 9.91. The maximum Gasteiger partial charge on any atom is 0.305 e. The van der Waals surface area contributed by atoms with E-state index in [1.54, 1.807) is 24.9 Å². The first-order chi connectivity index (χ1) is 18.4. The Labute approximate surface area is 232 Å². The van der Waals surface area contributed by atoms with Crippen LogP contribution in [0.1, 0.15) is 63.0 Å². The first kappa shape index (κ1) is 32.5. The number of ketones is 1. The number of methoxy groups -OCH3 is 1. The monoisotopic (exact) mass is 550 g/mol. The number of Topliss-reactive ketones (excluding diaryl/α,β-unsaturated/α-hetero) is 1. The Morgan fingerprint density at radius 2 is 1.97 bits per heavy atom. The summed E-state index contributed by atoms with van der Waals surface area (Å²) in [7, 11) is 1.65. The van der Waals surface area contributed by atoms with E-state index >= 15 is 0 Å². The summed E-state index contributed by atoms with van der Waals surface area (Å²) in [6.45, 7) is 4.12. The van der Waals surface area contributed by atoms with Gasteiger partial charge in [0.2, 0.25) is 0 Å². The molecule has 0 saturated heterocycles. The second-order valence-corrected chi connectivity index (χ2v) is 11.1. The number of ether oxygens (including phenoxy) is 3. The Balaban J connectivity index is 1.64. The van der Waals surface area contributed by atoms with E-state index in [9.17, 15) is 19.8 Å². The fraction of sp³-hybridized carbons (Fsp3) is 0.667. The fourth-order valence-corrected chi connectivity index (χ4v) is 5.62. The second kappa shape index (κ2) is 19.4. The third-order valence-electron chi connectivity index (χ3n) is 6.66.